The molecule has 38 heteroatoms. The Morgan fingerprint density at radius 2 is 1.20 bits per heavy atom. The third-order valence-corrected chi connectivity index (χ3v) is 19.1. The standard InChI is InChI=1S/C75H107N21O16S/c1-42(2)39-57-71(108)87-52(23-30-77)65(102)86-55(26-33-80)70(107)92-62(43(3)98)73(110)83-35-27-56(68(105)85-53(24-31-78)67(104)91-58(72(109)90-57)40-45-13-7-6-8-14-45)88-66(103)54(25-32-79)89-74(111)63(44(4)99)93-69(106)51(22-29-76)84-61(100)28-36-95(37-38-97)75(112)96-59-41-47(113-60-17-10-9-16-49(60)64(101)81-5)19-20-48(59)50(94-96)21-18-46-15-11-12-34-82-46/h6-21,34,41-44,51-58,62-63,97-99H,22-33,35-40,76-80H2,1-5H3,(H,81,101)(H,83,110)(H,84,100)(H,85,105)(H,86,102)(H,87,108)(H,88,103)(H,89,111)(H,90,109)(H,91,104)(H,92,107)(H,93,106)/b21-18+/t43-,44-,51+,52+,53+,54+,55+,56+,57+,58-,62+,63+/m1/s1. The second-order valence-electron chi connectivity index (χ2n) is 27.3. The van der Waals surface area contributed by atoms with Crippen LogP contribution >= 0.6 is 11.8 Å². The van der Waals surface area contributed by atoms with Crippen LogP contribution in [0.15, 0.2) is 107 Å². The van der Waals surface area contributed by atoms with Gasteiger partial charge < -0.3 is 113 Å². The van der Waals surface area contributed by atoms with Gasteiger partial charge in [0.15, 0.2) is 0 Å². The summed E-state index contributed by atoms with van der Waals surface area (Å²) in [5, 5.41) is 68.1. The number of hydrogen-bond acceptors (Lipinski definition) is 24. The first kappa shape index (κ1) is 91.0. The third kappa shape index (κ3) is 27.8. The van der Waals surface area contributed by atoms with Gasteiger partial charge in [-0.1, -0.05) is 74.1 Å². The number of aromatic nitrogens is 3. The van der Waals surface area contributed by atoms with E-state index in [1.54, 1.807) is 117 Å². The van der Waals surface area contributed by atoms with Crippen molar-refractivity contribution in [3.05, 3.63) is 120 Å². The van der Waals surface area contributed by atoms with Gasteiger partial charge >= 0.3 is 6.03 Å². The number of hydrogen-bond donors (Lipinski definition) is 20. The van der Waals surface area contributed by atoms with Crippen LogP contribution < -0.4 is 92.5 Å². The smallest absolute Gasteiger partial charge is 0.345 e. The van der Waals surface area contributed by atoms with Crippen molar-refractivity contribution in [1.29, 1.82) is 0 Å². The summed E-state index contributed by atoms with van der Waals surface area (Å²) >= 11 is 1.27. The number of nitrogens with two attached hydrogens (primary N) is 5. The van der Waals surface area contributed by atoms with Crippen LogP contribution in [-0.2, 0) is 59.2 Å². The molecule has 12 atom stereocenters. The number of aliphatic hydroxyl groups excluding tert-OH is 3. The zero-order valence-electron chi connectivity index (χ0n) is 63.9. The SMILES string of the molecule is CNC(=O)c1ccccc1Sc1ccc2c(/C=C/c3ccccn3)nn(C(=O)N(CCO)CCC(=O)N[C@@H](CCN)C(=O)N[C@H](C(=O)N[C@@H](CCN)C(=O)N[C@H]3CCNC(=O)[C@H]([C@@H](C)O)NC(=O)[C@H](CCN)NC(=O)[C@H](CCN)NC(=O)[C@H](CC(C)C)NC(=O)[C@@H](Cc4ccccc4)NC(=O)[C@H](CCN)NC3=O)[C@@H](C)O)c2c1. The lowest BCUT2D eigenvalue weighted by molar-refractivity contribution is -0.137. The molecule has 2 aromatic heterocycles. The number of fused-ring (bicyclic) bond motifs is 1. The lowest BCUT2D eigenvalue weighted by Gasteiger charge is -2.29. The van der Waals surface area contributed by atoms with E-state index in [-0.39, 0.29) is 103 Å². The van der Waals surface area contributed by atoms with Crippen LogP contribution in [0.1, 0.15) is 106 Å². The van der Waals surface area contributed by atoms with E-state index in [2.05, 4.69) is 73.9 Å². The number of benzene rings is 3. The van der Waals surface area contributed by atoms with Gasteiger partial charge in [0.25, 0.3) is 5.91 Å². The Morgan fingerprint density at radius 1 is 0.628 bits per heavy atom. The Bertz CT molecular complexity index is 4100. The topological polar surface area (TPSA) is 591 Å². The molecule has 37 nitrogen and oxygen atoms in total. The van der Waals surface area contributed by atoms with Crippen LogP contribution in [0.2, 0.25) is 0 Å². The van der Waals surface area contributed by atoms with E-state index in [1.165, 1.54) is 30.6 Å². The van der Waals surface area contributed by atoms with Gasteiger partial charge in [-0.2, -0.15) is 9.78 Å². The van der Waals surface area contributed by atoms with Crippen LogP contribution in [-0.4, -0.2) is 251 Å². The minimum atomic E-state index is -1.87. The van der Waals surface area contributed by atoms with Crippen molar-refractivity contribution in [3.8, 4) is 0 Å². The highest BCUT2D eigenvalue weighted by Crippen LogP contribution is 2.34. The molecule has 1 saturated heterocycles. The van der Waals surface area contributed by atoms with Crippen LogP contribution in [0, 0.1) is 5.92 Å². The van der Waals surface area contributed by atoms with Crippen molar-refractivity contribution in [3.63, 3.8) is 0 Å². The first-order valence-corrected chi connectivity index (χ1v) is 38.1. The van der Waals surface area contributed by atoms with Gasteiger partial charge in [0.2, 0.25) is 65.0 Å². The van der Waals surface area contributed by atoms with E-state index in [0.717, 1.165) is 11.6 Å². The maximum atomic E-state index is 14.8. The maximum Gasteiger partial charge on any atom is 0.345 e. The summed E-state index contributed by atoms with van der Waals surface area (Å²) in [5.41, 5.74) is 32.0. The number of pyridine rings is 1. The normalized spacial score (nSPS) is 19.8. The molecule has 25 N–H and O–H groups in total. The van der Waals surface area contributed by atoms with Crippen molar-refractivity contribution in [2.45, 2.75) is 168 Å². The predicted octanol–water partition coefficient (Wildman–Crippen LogP) is -4.07. The molecular weight excluding hydrogens is 1480 g/mol. The summed E-state index contributed by atoms with van der Waals surface area (Å²) in [6.45, 7) is 3.11. The fourth-order valence-corrected chi connectivity index (χ4v) is 13.0. The lowest BCUT2D eigenvalue weighted by atomic mass is 10.00. The largest absolute Gasteiger partial charge is 0.395 e. The molecular formula is C75H107N21O16S. The molecule has 0 bridgehead atoms. The fourth-order valence-electron chi connectivity index (χ4n) is 12.0. The summed E-state index contributed by atoms with van der Waals surface area (Å²) in [6, 6.07) is 9.58. The number of carbonyl (C=O) groups excluding carboxylic acids is 13. The first-order valence-electron chi connectivity index (χ1n) is 37.3. The Morgan fingerprint density at radius 3 is 1.79 bits per heavy atom. The van der Waals surface area contributed by atoms with E-state index >= 15 is 0 Å². The van der Waals surface area contributed by atoms with Crippen LogP contribution in [0.25, 0.3) is 23.1 Å². The third-order valence-electron chi connectivity index (χ3n) is 18.0. The van der Waals surface area contributed by atoms with Gasteiger partial charge in [0.1, 0.15) is 60.4 Å². The number of nitrogens with zero attached hydrogens (tertiary/aromatic N) is 4. The average Bonchev–Trinajstić information content (AvgIpc) is 1.63. The van der Waals surface area contributed by atoms with Gasteiger partial charge in [-0.15, -0.1) is 0 Å². The second-order valence-corrected chi connectivity index (χ2v) is 28.4. The second kappa shape index (κ2) is 46.2. The maximum absolute atomic E-state index is 14.8. The Hall–Kier alpha value is -10.8. The van der Waals surface area contributed by atoms with Crippen molar-refractivity contribution < 1.29 is 77.6 Å². The van der Waals surface area contributed by atoms with Crippen molar-refractivity contribution in [2.24, 2.45) is 34.6 Å². The molecule has 3 aromatic carbocycles. The molecule has 3 heterocycles. The van der Waals surface area contributed by atoms with Crippen LogP contribution in [0.5, 0.6) is 0 Å². The lowest BCUT2D eigenvalue weighted by Crippen LogP contribution is -2.62. The highest BCUT2D eigenvalue weighted by Gasteiger charge is 2.38. The van der Waals surface area contributed by atoms with E-state index < -0.39 is 170 Å². The molecule has 614 valence electrons. The van der Waals surface area contributed by atoms with Gasteiger partial charge in [-0.3, -0.25) is 62.5 Å². The molecule has 0 saturated carbocycles. The highest BCUT2D eigenvalue weighted by molar-refractivity contribution is 7.99. The Balaban J connectivity index is 1.24. The quantitative estimate of drug-likeness (QED) is 0.0190. The zero-order valence-corrected chi connectivity index (χ0v) is 64.7. The van der Waals surface area contributed by atoms with Crippen molar-refractivity contribution in [1.82, 2.24) is 83.5 Å². The molecule has 0 radical (unpaired) electrons. The molecule has 1 aliphatic rings. The molecule has 0 unspecified atom stereocenters. The number of amides is 13. The summed E-state index contributed by atoms with van der Waals surface area (Å²) in [6.07, 6.45) is -0.703. The van der Waals surface area contributed by atoms with E-state index in [0.29, 0.717) is 43.2 Å². The molecule has 1 aliphatic heterocycles. The Kier molecular flexibility index (Phi) is 37.2. The number of nitrogens with one attached hydrogen (secondary N) is 12. The number of rotatable bonds is 33. The molecule has 13 amide bonds. The van der Waals surface area contributed by atoms with E-state index in [4.69, 9.17) is 28.7 Å². The predicted molar refractivity (Wildman–Crippen MR) is 419 cm³/mol. The Labute approximate surface area is 658 Å². The summed E-state index contributed by atoms with van der Waals surface area (Å²) < 4.78 is 1.12. The molecule has 0 spiro atoms. The monoisotopic (exact) mass is 1590 g/mol. The summed E-state index contributed by atoms with van der Waals surface area (Å²) in [7, 11) is 1.52. The first-order chi connectivity index (χ1) is 54.1. The van der Waals surface area contributed by atoms with Crippen molar-refractivity contribution >= 4 is 112 Å². The number of carbonyl (C=O) groups is 13. The fraction of sp³-hybridized carbons (Fsp3) is 0.480. The van der Waals surface area contributed by atoms with Gasteiger partial charge in [-0.05, 0) is 158 Å². The molecule has 113 heavy (non-hydrogen) atoms. The van der Waals surface area contributed by atoms with Gasteiger partial charge in [0, 0.05) is 60.9 Å². The van der Waals surface area contributed by atoms with Crippen LogP contribution in [0.4, 0.5) is 4.79 Å². The molecule has 5 aromatic rings. The van der Waals surface area contributed by atoms with Gasteiger partial charge in [0.05, 0.1) is 41.3 Å². The van der Waals surface area contributed by atoms with E-state index in [9.17, 15) is 77.6 Å². The minimum absolute atomic E-state index is 0.0142. The summed E-state index contributed by atoms with van der Waals surface area (Å²) in [4.78, 5) is 192. The molecule has 6 rings (SSSR count). The molecule has 1 fully saturated rings. The highest BCUT2D eigenvalue weighted by atomic mass is 32.2. The van der Waals surface area contributed by atoms with Gasteiger partial charge in [-0.25, -0.2) is 4.79 Å². The zero-order chi connectivity index (χ0) is 82.8. The molecule has 0 aliphatic carbocycles. The van der Waals surface area contributed by atoms with Crippen LogP contribution in [0.3, 0.4) is 0 Å². The minimum Gasteiger partial charge on any atom is -0.395 e. The van der Waals surface area contributed by atoms with E-state index in [1.807, 2.05) is 6.07 Å². The van der Waals surface area contributed by atoms with Crippen molar-refractivity contribution in [2.75, 3.05) is 66.0 Å². The average molecular weight is 1590 g/mol. The summed E-state index contributed by atoms with van der Waals surface area (Å²) in [5.74, 6) is -11.3. The number of aliphatic hydroxyl groups is 3.